The van der Waals surface area contributed by atoms with Crippen LogP contribution in [0.25, 0.3) is 22.0 Å². The Hall–Kier alpha value is -4.52. The van der Waals surface area contributed by atoms with Gasteiger partial charge in [-0.25, -0.2) is 8.78 Å². The number of nitrogens with zero attached hydrogens (tertiary/aromatic N) is 3. The average Bonchev–Trinajstić information content (AvgIpc) is 3.27. The molecule has 6 rings (SSSR count). The van der Waals surface area contributed by atoms with E-state index in [0.717, 1.165) is 55.5 Å². The number of ether oxygens (including phenoxy) is 1. The number of likely N-dealkylation sites (tertiary alicyclic amines) is 1. The summed E-state index contributed by atoms with van der Waals surface area (Å²) in [5.74, 6) is -5.73. The average molecular weight is 771 g/mol. The largest absolute Gasteiger partial charge is 0.416 e. The first kappa shape index (κ1) is 19.7. The Morgan fingerprint density at radius 3 is 2.45 bits per heavy atom. The summed E-state index contributed by atoms with van der Waals surface area (Å²) < 4.78 is 258. The second kappa shape index (κ2) is 16.7. The molecule has 6 nitrogen and oxygen atoms in total. The lowest BCUT2D eigenvalue weighted by Crippen LogP contribution is -2.48. The molecule has 53 heavy (non-hydrogen) atoms. The summed E-state index contributed by atoms with van der Waals surface area (Å²) in [6.45, 7) is -18.6. The van der Waals surface area contributed by atoms with E-state index in [1.807, 2.05) is 0 Å². The number of rotatable bonds is 12. The molecule has 0 unspecified atom stereocenters. The Labute approximate surface area is 338 Å². The Kier molecular flexibility index (Phi) is 6.19. The molecule has 0 spiro atoms. The van der Waals surface area contributed by atoms with Crippen molar-refractivity contribution in [3.05, 3.63) is 135 Å². The molecule has 1 amide bonds. The highest BCUT2D eigenvalue weighted by atomic mass is 32.2. The van der Waals surface area contributed by atoms with Gasteiger partial charge in [-0.3, -0.25) is 9.59 Å². The van der Waals surface area contributed by atoms with Crippen LogP contribution in [0.4, 0.5) is 22.0 Å². The number of fused-ring (bicyclic) bond motifs is 1. The van der Waals surface area contributed by atoms with Crippen molar-refractivity contribution in [2.75, 3.05) is 33.1 Å². The maximum absolute atomic E-state index is 15.6. The number of thioether (sulfide) groups is 1. The first-order valence-electron chi connectivity index (χ1n) is 25.8. The summed E-state index contributed by atoms with van der Waals surface area (Å²) >= 11 is -0.292. The number of hydrogen-bond acceptors (Lipinski definition) is 5. The minimum atomic E-state index is -4.72. The molecule has 1 fully saturated rings. The number of alkyl halides is 3. The van der Waals surface area contributed by atoms with Crippen molar-refractivity contribution in [1.29, 1.82) is 0 Å². The van der Waals surface area contributed by atoms with Crippen LogP contribution in [0.1, 0.15) is 63.8 Å². The lowest BCUT2D eigenvalue weighted by Gasteiger charge is -2.39. The van der Waals surface area contributed by atoms with Gasteiger partial charge in [-0.15, -0.1) is 11.8 Å². The van der Waals surface area contributed by atoms with Crippen LogP contribution in [0.15, 0.2) is 101 Å². The van der Waals surface area contributed by atoms with E-state index in [2.05, 4.69) is 4.74 Å². The van der Waals surface area contributed by atoms with Crippen LogP contribution in [0.3, 0.4) is 0 Å². The number of amides is 1. The number of methoxy groups -OCH3 is 1. The van der Waals surface area contributed by atoms with Gasteiger partial charge in [0, 0.05) is 75.6 Å². The van der Waals surface area contributed by atoms with Crippen molar-refractivity contribution in [2.24, 2.45) is 0 Å². The summed E-state index contributed by atoms with van der Waals surface area (Å²) in [4.78, 5) is 28.8. The van der Waals surface area contributed by atoms with Crippen molar-refractivity contribution in [3.8, 4) is 11.1 Å². The fourth-order valence-corrected chi connectivity index (χ4v) is 5.70. The van der Waals surface area contributed by atoms with Gasteiger partial charge in [0.05, 0.1) is 37.7 Å². The van der Waals surface area contributed by atoms with Gasteiger partial charge in [0.25, 0.3) is 0 Å². The summed E-state index contributed by atoms with van der Waals surface area (Å²) in [7, 11) is -3.61. The molecule has 1 aliphatic heterocycles. The summed E-state index contributed by atoms with van der Waals surface area (Å²) in [6, 6.07) is 3.51. The quantitative estimate of drug-likeness (QED) is 0.0940. The van der Waals surface area contributed by atoms with Gasteiger partial charge in [0.1, 0.15) is 6.50 Å². The van der Waals surface area contributed by atoms with Crippen LogP contribution in [-0.4, -0.2) is 59.4 Å². The van der Waals surface area contributed by atoms with Gasteiger partial charge in [-0.2, -0.15) is 13.2 Å². The van der Waals surface area contributed by atoms with Gasteiger partial charge in [0.2, 0.25) is 5.91 Å². The molecular formula is C41H40F5N3O3S. The van der Waals surface area contributed by atoms with Gasteiger partial charge in [-0.1, -0.05) is 60.1 Å². The Morgan fingerprint density at radius 2 is 1.77 bits per heavy atom. The first-order valence-corrected chi connectivity index (χ1v) is 16.1. The lowest BCUT2D eigenvalue weighted by atomic mass is 10.00. The van der Waals surface area contributed by atoms with Gasteiger partial charge in [0.15, 0.2) is 17.1 Å². The molecular weight excluding hydrogens is 710 g/mol. The molecule has 0 atom stereocenters. The first-order chi connectivity index (χ1) is 33.4. The minimum absolute atomic E-state index is 0.0257. The number of aromatic nitrogens is 1. The van der Waals surface area contributed by atoms with Crippen molar-refractivity contribution >= 4 is 28.6 Å². The third-order valence-corrected chi connectivity index (χ3v) is 8.39. The Morgan fingerprint density at radius 1 is 1.08 bits per heavy atom. The van der Waals surface area contributed by atoms with E-state index in [1.54, 1.807) is 0 Å². The molecule has 4 aromatic carbocycles. The van der Waals surface area contributed by atoms with E-state index in [1.165, 1.54) is 12.1 Å². The Balaban J connectivity index is 1.66. The van der Waals surface area contributed by atoms with Gasteiger partial charge < -0.3 is 19.1 Å². The number of piperidine rings is 1. The third kappa shape index (κ3) is 9.17. The zero-order valence-corrected chi connectivity index (χ0v) is 28.0. The van der Waals surface area contributed by atoms with E-state index in [-0.39, 0.29) is 43.5 Å². The fraction of sp³-hybridized carbons (Fsp3) is 0.317. The number of pyridine rings is 1. The molecule has 1 saturated heterocycles. The molecule has 0 saturated carbocycles. The maximum atomic E-state index is 15.6. The lowest BCUT2D eigenvalue weighted by molar-refractivity contribution is -0.137. The second-order valence-electron chi connectivity index (χ2n) is 11.1. The third-order valence-electron chi connectivity index (χ3n) is 7.56. The van der Waals surface area contributed by atoms with E-state index >= 15 is 9.18 Å². The number of hydrogen-bond donors (Lipinski definition) is 0. The van der Waals surface area contributed by atoms with E-state index in [9.17, 15) is 32.0 Å². The number of carbonyl (C=O) groups is 1. The number of benzene rings is 4. The van der Waals surface area contributed by atoms with Gasteiger partial charge >= 0.3 is 6.18 Å². The second-order valence-corrected chi connectivity index (χ2v) is 12.0. The van der Waals surface area contributed by atoms with Crippen molar-refractivity contribution < 1.29 is 60.3 Å². The van der Waals surface area contributed by atoms with Crippen LogP contribution >= 0.6 is 11.8 Å². The van der Waals surface area contributed by atoms with Crippen LogP contribution < -0.4 is 5.43 Å². The van der Waals surface area contributed by atoms with Crippen LogP contribution in [0, 0.1) is 18.6 Å². The molecule has 5 aromatic rings. The SMILES string of the molecule is [2H]c1c(C)c([2H])c2c(=O)cc(SC([2H])([2H])c3cccc(F)c3F)n(C([2H])([2H])C(=O)N(Cc3ccc(-c4ccc(C(F)(F)F)cc4)cc3)C3([2H])C([2H])([2H])C([2H])([2H])N(CC([2H])([2H])OC([2H])([2H])[2H])C([2H])([2H])C3([2H])[2H])c2c1[2H]. The highest BCUT2D eigenvalue weighted by Gasteiger charge is 2.31. The summed E-state index contributed by atoms with van der Waals surface area (Å²) in [6.07, 6.45) is -13.6. The number of carbonyl (C=O) groups excluding carboxylic acids is 1. The summed E-state index contributed by atoms with van der Waals surface area (Å²) in [5.41, 5.74) is -8.16. The van der Waals surface area contributed by atoms with Crippen molar-refractivity contribution in [3.63, 3.8) is 0 Å². The van der Waals surface area contributed by atoms with Crippen molar-refractivity contribution in [1.82, 2.24) is 14.4 Å². The molecule has 1 aromatic heterocycles. The van der Waals surface area contributed by atoms with Gasteiger partial charge in [-0.05, 0) is 66.6 Å². The van der Waals surface area contributed by atoms with E-state index in [0.29, 0.717) is 12.1 Å². The maximum Gasteiger partial charge on any atom is 0.416 e. The standard InChI is InChI=1S/C41H40F5N3O3S/c1-27-6-15-36-34(22-27)37(50)23-39(53-26-31-4-3-5-35(42)40(31)43)49(36)25-38(51)48(33-16-18-47(19-17-33)20-21-52-2)24-28-7-9-29(10-8-28)30-11-13-32(14-12-30)41(44,45)46/h3-15,22-23,33H,16-21,24-26H2,1-2H3/i2D3,6D,15D,16D2,17D2,18D2,19D2,21D2,22D,25D2,26D2,33D. The smallest absolute Gasteiger partial charge is 0.383 e. The zero-order valence-electron chi connectivity index (χ0n) is 48.2. The highest BCUT2D eigenvalue weighted by molar-refractivity contribution is 7.98. The molecule has 278 valence electrons. The zero-order chi connectivity index (χ0) is 56.3. The predicted molar refractivity (Wildman–Crippen MR) is 198 cm³/mol. The Bertz CT molecular complexity index is 3060. The van der Waals surface area contributed by atoms with Crippen LogP contribution in [0.2, 0.25) is 0 Å². The molecule has 0 N–H and O–H groups in total. The highest BCUT2D eigenvalue weighted by Crippen LogP contribution is 2.32. The molecule has 0 bridgehead atoms. The van der Waals surface area contributed by atoms with Crippen LogP contribution in [-0.2, 0) is 34.5 Å². The minimum Gasteiger partial charge on any atom is -0.383 e. The monoisotopic (exact) mass is 770 g/mol. The fourth-order valence-electron chi connectivity index (χ4n) is 4.93. The molecule has 12 heteroatoms. The normalized spacial score (nSPS) is 25.4. The number of halogens is 5. The summed E-state index contributed by atoms with van der Waals surface area (Å²) in [5, 5.41) is -2.01. The predicted octanol–water partition coefficient (Wildman–Crippen LogP) is 8.71. The van der Waals surface area contributed by atoms with E-state index < -0.39 is 150 Å². The molecule has 0 radical (unpaired) electrons. The molecule has 1 aliphatic rings. The van der Waals surface area contributed by atoms with Crippen molar-refractivity contribution in [2.45, 2.75) is 55.6 Å². The molecule has 0 aliphatic carbocycles. The molecule has 2 heterocycles. The topological polar surface area (TPSA) is 54.8 Å². The van der Waals surface area contributed by atoms with Crippen LogP contribution in [0.5, 0.6) is 0 Å². The van der Waals surface area contributed by atoms with E-state index in [4.69, 9.17) is 19.2 Å².